The second kappa shape index (κ2) is 19.1. The van der Waals surface area contributed by atoms with Gasteiger partial charge in [-0.3, -0.25) is 24.5 Å². The number of methoxy groups -OCH3 is 1. The first-order chi connectivity index (χ1) is 30.8. The fraction of sp³-hybridized carbons (Fsp3) is 0.583. The number of ether oxygens (including phenoxy) is 2. The number of aryl methyl sites for hydroxylation is 1. The van der Waals surface area contributed by atoms with Crippen molar-refractivity contribution in [3.05, 3.63) is 58.2 Å². The Hall–Kier alpha value is -4.94. The molecule has 3 aliphatic heterocycles. The van der Waals surface area contributed by atoms with Gasteiger partial charge in [0.1, 0.15) is 12.1 Å². The Labute approximate surface area is 386 Å². The fourth-order valence-corrected chi connectivity index (χ4v) is 10.5. The summed E-state index contributed by atoms with van der Waals surface area (Å²) in [6, 6.07) is 8.05. The molecular formula is C48H67N9O7S. The van der Waals surface area contributed by atoms with Crippen molar-refractivity contribution in [1.82, 2.24) is 45.0 Å². The molecular weight excluding hydrogens is 847 g/mol. The maximum absolute atomic E-state index is 14.7. The molecule has 7 rings (SSSR count). The van der Waals surface area contributed by atoms with E-state index in [1.54, 1.807) is 25.3 Å². The minimum Gasteiger partial charge on any atom is -0.462 e. The summed E-state index contributed by atoms with van der Waals surface area (Å²) in [6.07, 6.45) is 2.31. The lowest BCUT2D eigenvalue weighted by Gasteiger charge is -2.45. The first kappa shape index (κ1) is 48.0. The van der Waals surface area contributed by atoms with Crippen molar-refractivity contribution in [3.63, 3.8) is 0 Å². The summed E-state index contributed by atoms with van der Waals surface area (Å²) in [6.45, 7) is 18.0. The number of pyridine rings is 1. The number of hydrazine groups is 1. The van der Waals surface area contributed by atoms with Gasteiger partial charge in [-0.1, -0.05) is 33.8 Å². The van der Waals surface area contributed by atoms with E-state index in [9.17, 15) is 24.3 Å². The Bertz CT molecular complexity index is 2420. The number of fused-ring (bicyclic) bond motifs is 6. The Kier molecular flexibility index (Phi) is 14.1. The van der Waals surface area contributed by atoms with Crippen LogP contribution < -0.4 is 10.7 Å². The zero-order valence-corrected chi connectivity index (χ0v) is 40.6. The van der Waals surface area contributed by atoms with Gasteiger partial charge < -0.3 is 34.3 Å². The van der Waals surface area contributed by atoms with Crippen LogP contribution in [0.1, 0.15) is 90.6 Å². The number of rotatable bonds is 8. The highest BCUT2D eigenvalue weighted by Gasteiger charge is 2.46. The van der Waals surface area contributed by atoms with E-state index in [1.807, 2.05) is 60.0 Å². The van der Waals surface area contributed by atoms with Crippen LogP contribution in [0.25, 0.3) is 33.4 Å². The molecule has 0 aliphatic carbocycles. The summed E-state index contributed by atoms with van der Waals surface area (Å²) in [5.41, 5.74) is 6.38. The largest absolute Gasteiger partial charge is 0.462 e. The van der Waals surface area contributed by atoms with E-state index in [0.29, 0.717) is 31.1 Å². The highest BCUT2D eigenvalue weighted by Crippen LogP contribution is 2.42. The number of carbonyl (C=O) groups is 4. The van der Waals surface area contributed by atoms with Gasteiger partial charge in [0.15, 0.2) is 0 Å². The number of hydrogen-bond acceptors (Lipinski definition) is 12. The molecule has 6 bridgehead atoms. The van der Waals surface area contributed by atoms with Gasteiger partial charge in [0, 0.05) is 104 Å². The molecule has 3 N–H and O–H groups in total. The van der Waals surface area contributed by atoms with Crippen LogP contribution in [0.2, 0.25) is 0 Å². The van der Waals surface area contributed by atoms with E-state index in [4.69, 9.17) is 19.4 Å². The number of benzene rings is 1. The number of aliphatic hydroxyl groups is 1. The molecule has 2 saturated heterocycles. The normalized spacial score (nSPS) is 24.1. The van der Waals surface area contributed by atoms with E-state index in [-0.39, 0.29) is 62.6 Å². The van der Waals surface area contributed by atoms with Gasteiger partial charge in [-0.2, -0.15) is 5.43 Å². The van der Waals surface area contributed by atoms with Gasteiger partial charge in [-0.15, -0.1) is 11.3 Å². The average Bonchev–Trinajstić information content (AvgIpc) is 3.86. The number of amides is 4. The van der Waals surface area contributed by atoms with Crippen molar-refractivity contribution in [2.45, 2.75) is 124 Å². The second-order valence-corrected chi connectivity index (χ2v) is 20.3. The molecule has 6 atom stereocenters. The van der Waals surface area contributed by atoms with E-state index in [0.717, 1.165) is 44.7 Å². The van der Waals surface area contributed by atoms with Crippen LogP contribution in [0.15, 0.2) is 41.9 Å². The van der Waals surface area contributed by atoms with Gasteiger partial charge in [0.25, 0.3) is 5.91 Å². The number of nitrogens with one attached hydrogen (secondary N) is 2. The molecule has 352 valence electrons. The predicted molar refractivity (Wildman–Crippen MR) is 251 cm³/mol. The Morgan fingerprint density at radius 3 is 2.60 bits per heavy atom. The van der Waals surface area contributed by atoms with E-state index < -0.39 is 41.0 Å². The predicted octanol–water partition coefficient (Wildman–Crippen LogP) is 5.62. The quantitative estimate of drug-likeness (QED) is 0.187. The van der Waals surface area contributed by atoms with E-state index in [1.165, 1.54) is 21.2 Å². The van der Waals surface area contributed by atoms with Crippen LogP contribution in [0.3, 0.4) is 0 Å². The molecule has 0 unspecified atom stereocenters. The molecule has 1 aromatic carbocycles. The zero-order chi connectivity index (χ0) is 47.1. The Morgan fingerprint density at radius 2 is 1.89 bits per heavy atom. The van der Waals surface area contributed by atoms with Gasteiger partial charge in [0.2, 0.25) is 11.6 Å². The lowest BCUT2D eigenvalue weighted by molar-refractivity contribution is -0.189. The van der Waals surface area contributed by atoms with E-state index in [2.05, 4.69) is 58.3 Å². The van der Waals surface area contributed by atoms with Crippen molar-refractivity contribution in [2.24, 2.45) is 11.3 Å². The van der Waals surface area contributed by atoms with Gasteiger partial charge in [-0.05, 0) is 83.3 Å². The smallest absolute Gasteiger partial charge is 0.355 e. The number of nitrogens with zero attached hydrogens (tertiary/aromatic N) is 7. The van der Waals surface area contributed by atoms with Crippen molar-refractivity contribution < 1.29 is 33.8 Å². The molecule has 17 heteroatoms. The Morgan fingerprint density at radius 1 is 1.14 bits per heavy atom. The number of urea groups is 1. The van der Waals surface area contributed by atoms with Gasteiger partial charge in [0.05, 0.1) is 34.8 Å². The third kappa shape index (κ3) is 9.66. The maximum Gasteiger partial charge on any atom is 0.355 e. The van der Waals surface area contributed by atoms with Gasteiger partial charge >= 0.3 is 12.0 Å². The number of carbonyl (C=O) groups excluding carboxylic acids is 4. The molecule has 3 aromatic heterocycles. The lowest BCUT2D eigenvalue weighted by Crippen LogP contribution is -2.67. The summed E-state index contributed by atoms with van der Waals surface area (Å²) < 4.78 is 14.1. The summed E-state index contributed by atoms with van der Waals surface area (Å²) in [7, 11) is 5.34. The van der Waals surface area contributed by atoms with Gasteiger partial charge in [-0.25, -0.2) is 14.6 Å². The number of aromatic nitrogens is 3. The summed E-state index contributed by atoms with van der Waals surface area (Å²) in [4.78, 5) is 72.6. The van der Waals surface area contributed by atoms with Crippen molar-refractivity contribution in [3.8, 4) is 22.5 Å². The van der Waals surface area contributed by atoms with Crippen LogP contribution in [0.5, 0.6) is 0 Å². The molecule has 3 aliphatic rings. The second-order valence-electron chi connectivity index (χ2n) is 19.4. The van der Waals surface area contributed by atoms with E-state index >= 15 is 0 Å². The van der Waals surface area contributed by atoms with Crippen LogP contribution >= 0.6 is 11.3 Å². The monoisotopic (exact) mass is 913 g/mol. The van der Waals surface area contributed by atoms with Crippen LogP contribution in [0.4, 0.5) is 4.79 Å². The third-order valence-electron chi connectivity index (χ3n) is 13.4. The first-order valence-corrected chi connectivity index (χ1v) is 23.8. The Balaban J connectivity index is 1.30. The van der Waals surface area contributed by atoms with Crippen molar-refractivity contribution >= 4 is 46.1 Å². The topological polar surface area (TPSA) is 175 Å². The van der Waals surface area contributed by atoms with Crippen molar-refractivity contribution in [2.75, 3.05) is 47.4 Å². The summed E-state index contributed by atoms with van der Waals surface area (Å²) in [5, 5.41) is 19.6. The molecule has 2 fully saturated rings. The lowest BCUT2D eigenvalue weighted by atomic mass is 9.84. The van der Waals surface area contributed by atoms with Crippen LogP contribution in [-0.2, 0) is 43.2 Å². The standard InChI is InChI=1S/C48H67N9O7S/c1-12-55-38-17-16-32-21-34(38)35(42(55)33-15-13-19-49-40(33)31(6)63-11)23-47(7,8)27-64-45(60)48(62)18-14-20-57(52-48)44(59)36(22-39-50-37(32)26-65-39)51-43(58)41(28(2)3)54(10)46(61)56-25-29(4)53(9)24-30(56)5/h13,15-17,19,21,26,28-31,36,41,52,62H,12,14,18,20,22-25,27H2,1-11H3,(H,51,58)/t29-,30+,31+,36+,41+,48+/m1/s1. The molecule has 0 radical (unpaired) electrons. The molecule has 16 nitrogen and oxygen atoms in total. The maximum atomic E-state index is 14.7. The molecule has 4 amide bonds. The molecule has 0 spiro atoms. The van der Waals surface area contributed by atoms with Crippen LogP contribution in [-0.4, -0.2) is 141 Å². The number of esters is 1. The molecule has 6 heterocycles. The zero-order valence-electron chi connectivity index (χ0n) is 39.8. The third-order valence-corrected chi connectivity index (χ3v) is 14.3. The molecule has 4 aromatic rings. The molecule has 0 saturated carbocycles. The first-order valence-electron chi connectivity index (χ1n) is 22.9. The average molecular weight is 914 g/mol. The van der Waals surface area contributed by atoms with Crippen molar-refractivity contribution in [1.29, 1.82) is 0 Å². The number of cyclic esters (lactones) is 1. The summed E-state index contributed by atoms with van der Waals surface area (Å²) in [5.74, 6) is -2.26. The minimum atomic E-state index is -2.21. The minimum absolute atomic E-state index is 0.00689. The highest BCUT2D eigenvalue weighted by molar-refractivity contribution is 7.10. The fourth-order valence-electron chi connectivity index (χ4n) is 9.67. The highest BCUT2D eigenvalue weighted by atomic mass is 32.1. The number of likely N-dealkylation sites (N-methyl/N-ethyl adjacent to an activating group) is 2. The SMILES string of the molecule is CCn1c(-c2cccnc2[C@H](C)OC)c2c3cc(ccc31)-c1csc(n1)C[C@H](NC(=O)[C@H](C(C)C)N(C)C(=O)N1C[C@@H](C)N(C)C[C@@H]1C)C(=O)N1CCC[C@@](O)(N1)C(=O)OCC(C)(C)C2. The number of hydrogen-bond donors (Lipinski definition) is 3. The summed E-state index contributed by atoms with van der Waals surface area (Å²) >= 11 is 1.38. The number of thiazole rings is 1. The number of piperazine rings is 1. The van der Waals surface area contributed by atoms with Crippen LogP contribution in [0, 0.1) is 11.3 Å². The molecule has 65 heavy (non-hydrogen) atoms.